The second-order valence-corrected chi connectivity index (χ2v) is 4.63. The summed E-state index contributed by atoms with van der Waals surface area (Å²) in [7, 11) is 0. The van der Waals surface area contributed by atoms with Crippen LogP contribution in [0.25, 0.3) is 0 Å². The van der Waals surface area contributed by atoms with Gasteiger partial charge >= 0.3 is 0 Å². The molecule has 4 heteroatoms. The molecule has 0 spiro atoms. The third-order valence-corrected chi connectivity index (χ3v) is 3.04. The van der Waals surface area contributed by atoms with Crippen LogP contribution < -0.4 is 4.74 Å². The smallest absolute Gasteiger partial charge is 0.165 e. The minimum absolute atomic E-state index is 0.00340. The van der Waals surface area contributed by atoms with Gasteiger partial charge < -0.3 is 14.9 Å². The predicted molar refractivity (Wildman–Crippen MR) is 73.7 cm³/mol. The van der Waals surface area contributed by atoms with Gasteiger partial charge in [0.2, 0.25) is 0 Å². The maximum Gasteiger partial charge on any atom is 0.165 e. The molecule has 0 fully saturated rings. The lowest BCUT2D eigenvalue weighted by atomic mass is 10.1. The van der Waals surface area contributed by atoms with Crippen molar-refractivity contribution in [1.82, 2.24) is 0 Å². The zero-order valence-corrected chi connectivity index (χ0v) is 11.2. The van der Waals surface area contributed by atoms with E-state index in [0.717, 1.165) is 11.1 Å². The Bertz CT molecular complexity index is 564. The van der Waals surface area contributed by atoms with Crippen molar-refractivity contribution in [2.75, 3.05) is 0 Å². The van der Waals surface area contributed by atoms with E-state index in [-0.39, 0.29) is 19.0 Å². The number of rotatable bonds is 5. The van der Waals surface area contributed by atoms with E-state index >= 15 is 0 Å². The molecule has 1 atom stereocenters. The average Bonchev–Trinajstić information content (AvgIpc) is 2.46. The number of hydrogen-bond donors (Lipinski definition) is 2. The number of ether oxygens (including phenoxy) is 1. The molecule has 2 rings (SSSR count). The van der Waals surface area contributed by atoms with E-state index in [1.165, 1.54) is 12.1 Å². The Morgan fingerprint density at radius 1 is 1.10 bits per heavy atom. The summed E-state index contributed by atoms with van der Waals surface area (Å²) in [4.78, 5) is 0. The van der Waals surface area contributed by atoms with Crippen molar-refractivity contribution in [3.05, 3.63) is 65.0 Å². The van der Waals surface area contributed by atoms with Crippen LogP contribution in [-0.4, -0.2) is 10.2 Å². The van der Waals surface area contributed by atoms with Crippen molar-refractivity contribution in [2.45, 2.75) is 26.2 Å². The van der Waals surface area contributed by atoms with E-state index < -0.39 is 11.9 Å². The summed E-state index contributed by atoms with van der Waals surface area (Å²) in [5.74, 6) is -0.337. The van der Waals surface area contributed by atoms with Crippen molar-refractivity contribution in [2.24, 2.45) is 0 Å². The summed E-state index contributed by atoms with van der Waals surface area (Å²) in [5.41, 5.74) is 2.23. The van der Waals surface area contributed by atoms with Crippen LogP contribution in [0, 0.1) is 5.82 Å². The van der Waals surface area contributed by atoms with Crippen LogP contribution in [-0.2, 0) is 13.2 Å². The Balaban J connectivity index is 2.03. The maximum absolute atomic E-state index is 13.8. The van der Waals surface area contributed by atoms with Gasteiger partial charge in [-0.3, -0.25) is 0 Å². The third kappa shape index (κ3) is 3.56. The second-order valence-electron chi connectivity index (χ2n) is 4.63. The van der Waals surface area contributed by atoms with Gasteiger partial charge in [0.15, 0.2) is 11.6 Å². The molecule has 0 unspecified atom stereocenters. The third-order valence-electron chi connectivity index (χ3n) is 3.04. The molecule has 106 valence electrons. The van der Waals surface area contributed by atoms with Crippen molar-refractivity contribution in [3.8, 4) is 5.75 Å². The highest BCUT2D eigenvalue weighted by atomic mass is 19.1. The first kappa shape index (κ1) is 14.5. The summed E-state index contributed by atoms with van der Waals surface area (Å²) in [5, 5.41) is 18.3. The van der Waals surface area contributed by atoms with E-state index in [1.807, 2.05) is 12.1 Å². The fourth-order valence-corrected chi connectivity index (χ4v) is 1.80. The zero-order valence-electron chi connectivity index (χ0n) is 11.2. The lowest BCUT2D eigenvalue weighted by Gasteiger charge is -2.10. The largest absolute Gasteiger partial charge is 0.486 e. The monoisotopic (exact) mass is 276 g/mol. The summed E-state index contributed by atoms with van der Waals surface area (Å²) >= 11 is 0. The van der Waals surface area contributed by atoms with Crippen molar-refractivity contribution < 1.29 is 19.3 Å². The van der Waals surface area contributed by atoms with Crippen LogP contribution in [0.15, 0.2) is 42.5 Å². The van der Waals surface area contributed by atoms with Gasteiger partial charge in [0.05, 0.1) is 12.7 Å². The molecule has 2 N–H and O–H groups in total. The van der Waals surface area contributed by atoms with Gasteiger partial charge in [0.1, 0.15) is 6.61 Å². The van der Waals surface area contributed by atoms with Crippen LogP contribution >= 0.6 is 0 Å². The zero-order chi connectivity index (χ0) is 14.5. The standard InChI is InChI=1S/C16H17FO3/c1-11(19)14-6-7-16(15(17)8-14)20-10-13-4-2-12(9-18)3-5-13/h2-8,11,18-19H,9-10H2,1H3/t11-/m1/s1. The van der Waals surface area contributed by atoms with Crippen LogP contribution in [0.1, 0.15) is 29.7 Å². The summed E-state index contributed by atoms with van der Waals surface area (Å²) in [6, 6.07) is 11.7. The highest BCUT2D eigenvalue weighted by molar-refractivity contribution is 5.31. The molecule has 2 aromatic carbocycles. The maximum atomic E-state index is 13.8. The van der Waals surface area contributed by atoms with E-state index in [0.29, 0.717) is 5.56 Å². The molecular formula is C16H17FO3. The molecule has 0 heterocycles. The molecule has 20 heavy (non-hydrogen) atoms. The number of benzene rings is 2. The topological polar surface area (TPSA) is 49.7 Å². The molecule has 0 saturated carbocycles. The van der Waals surface area contributed by atoms with Gasteiger partial charge in [0, 0.05) is 0 Å². The molecule has 3 nitrogen and oxygen atoms in total. The average molecular weight is 276 g/mol. The van der Waals surface area contributed by atoms with Gasteiger partial charge in [-0.15, -0.1) is 0 Å². The van der Waals surface area contributed by atoms with Crippen molar-refractivity contribution >= 4 is 0 Å². The molecule has 0 aliphatic rings. The molecule has 0 amide bonds. The fourth-order valence-electron chi connectivity index (χ4n) is 1.80. The number of aliphatic hydroxyl groups excluding tert-OH is 2. The summed E-state index contributed by atoms with van der Waals surface area (Å²) in [6.45, 7) is 1.82. The van der Waals surface area contributed by atoms with Gasteiger partial charge in [-0.1, -0.05) is 30.3 Å². The van der Waals surface area contributed by atoms with E-state index in [1.54, 1.807) is 25.1 Å². The molecule has 0 bridgehead atoms. The SMILES string of the molecule is C[C@@H](O)c1ccc(OCc2ccc(CO)cc2)c(F)c1. The van der Waals surface area contributed by atoms with Gasteiger partial charge in [-0.25, -0.2) is 4.39 Å². The first-order chi connectivity index (χ1) is 9.60. The number of halogens is 1. The first-order valence-corrected chi connectivity index (χ1v) is 6.39. The van der Waals surface area contributed by atoms with Crippen molar-refractivity contribution in [1.29, 1.82) is 0 Å². The molecule has 0 aliphatic heterocycles. The highest BCUT2D eigenvalue weighted by Gasteiger charge is 2.08. The molecule has 0 aliphatic carbocycles. The Labute approximate surface area is 117 Å². The van der Waals surface area contributed by atoms with E-state index in [2.05, 4.69) is 0 Å². The normalized spacial score (nSPS) is 12.2. The Kier molecular flexibility index (Phi) is 4.71. The first-order valence-electron chi connectivity index (χ1n) is 6.39. The molecular weight excluding hydrogens is 259 g/mol. The van der Waals surface area contributed by atoms with Gasteiger partial charge in [-0.2, -0.15) is 0 Å². The van der Waals surface area contributed by atoms with Gasteiger partial charge in [0.25, 0.3) is 0 Å². The van der Waals surface area contributed by atoms with Crippen LogP contribution in [0.5, 0.6) is 5.75 Å². The Morgan fingerprint density at radius 3 is 2.30 bits per heavy atom. The molecule has 0 saturated heterocycles. The summed E-state index contributed by atoms with van der Waals surface area (Å²) in [6.07, 6.45) is -0.704. The fraction of sp³-hybridized carbons (Fsp3) is 0.250. The Hall–Kier alpha value is -1.91. The summed E-state index contributed by atoms with van der Waals surface area (Å²) < 4.78 is 19.2. The lowest BCUT2D eigenvalue weighted by molar-refractivity contribution is 0.198. The van der Waals surface area contributed by atoms with Crippen LogP contribution in [0.2, 0.25) is 0 Å². The second kappa shape index (κ2) is 6.50. The number of hydrogen-bond acceptors (Lipinski definition) is 3. The van der Waals surface area contributed by atoms with Crippen molar-refractivity contribution in [3.63, 3.8) is 0 Å². The minimum Gasteiger partial charge on any atom is -0.486 e. The highest BCUT2D eigenvalue weighted by Crippen LogP contribution is 2.22. The van der Waals surface area contributed by atoms with Gasteiger partial charge in [-0.05, 0) is 35.7 Å². The van der Waals surface area contributed by atoms with Crippen LogP contribution in [0.3, 0.4) is 0 Å². The number of aliphatic hydroxyl groups is 2. The molecule has 0 aromatic heterocycles. The molecule has 0 radical (unpaired) electrons. The molecule has 2 aromatic rings. The Morgan fingerprint density at radius 2 is 1.75 bits per heavy atom. The minimum atomic E-state index is -0.704. The van der Waals surface area contributed by atoms with Crippen LogP contribution in [0.4, 0.5) is 4.39 Å². The quantitative estimate of drug-likeness (QED) is 0.882. The lowest BCUT2D eigenvalue weighted by Crippen LogP contribution is -1.99. The predicted octanol–water partition coefficient (Wildman–Crippen LogP) is 2.95. The van der Waals surface area contributed by atoms with E-state index in [9.17, 15) is 9.50 Å². The van der Waals surface area contributed by atoms with E-state index in [4.69, 9.17) is 9.84 Å².